The van der Waals surface area contributed by atoms with Crippen LogP contribution in [-0.4, -0.2) is 49.5 Å². The predicted octanol–water partition coefficient (Wildman–Crippen LogP) is 1.69. The smallest absolute Gasteiger partial charge is 0.192 e. The van der Waals surface area contributed by atoms with Crippen molar-refractivity contribution in [1.82, 2.24) is 0 Å². The normalized spacial score (nSPS) is 40.0. The van der Waals surface area contributed by atoms with E-state index in [1.54, 1.807) is 6.92 Å². The minimum Gasteiger partial charge on any atom is -0.390 e. The molecule has 6 atom stereocenters. The van der Waals surface area contributed by atoms with Crippen LogP contribution in [0.4, 0.5) is 0 Å². The third-order valence-corrected chi connectivity index (χ3v) is 4.24. The van der Waals surface area contributed by atoms with E-state index in [4.69, 9.17) is 24.5 Å². The van der Waals surface area contributed by atoms with Gasteiger partial charge in [0.1, 0.15) is 18.2 Å². The van der Waals surface area contributed by atoms with Crippen molar-refractivity contribution in [1.29, 1.82) is 0 Å². The van der Waals surface area contributed by atoms with Gasteiger partial charge in [-0.2, -0.15) is 0 Å². The molecule has 8 heteroatoms. The molecule has 8 nitrogen and oxygen atoms in total. The van der Waals surface area contributed by atoms with Crippen LogP contribution in [0.5, 0.6) is 0 Å². The van der Waals surface area contributed by atoms with E-state index in [1.807, 2.05) is 30.3 Å². The Morgan fingerprint density at radius 1 is 1.39 bits per heavy atom. The lowest BCUT2D eigenvalue weighted by molar-refractivity contribution is -0.376. The van der Waals surface area contributed by atoms with E-state index in [2.05, 4.69) is 10.0 Å². The van der Waals surface area contributed by atoms with Crippen LogP contribution < -0.4 is 0 Å². The van der Waals surface area contributed by atoms with Gasteiger partial charge in [-0.15, -0.1) is 0 Å². The number of ether oxygens (including phenoxy) is 4. The number of hydrogen-bond acceptors (Lipinski definition) is 6. The molecule has 2 fully saturated rings. The zero-order valence-corrected chi connectivity index (χ0v) is 12.9. The van der Waals surface area contributed by atoms with Crippen LogP contribution in [0.1, 0.15) is 12.5 Å². The maximum Gasteiger partial charge on any atom is 0.192 e. The third kappa shape index (κ3) is 2.92. The summed E-state index contributed by atoms with van der Waals surface area (Å²) in [4.78, 5) is 2.76. The highest BCUT2D eigenvalue weighted by atomic mass is 16.8. The monoisotopic (exact) mass is 321 g/mol. The third-order valence-electron chi connectivity index (χ3n) is 4.24. The highest BCUT2D eigenvalue weighted by Crippen LogP contribution is 2.38. The molecule has 0 saturated carbocycles. The van der Waals surface area contributed by atoms with Gasteiger partial charge < -0.3 is 24.1 Å². The van der Waals surface area contributed by atoms with Gasteiger partial charge in [0.05, 0.1) is 12.7 Å². The number of aliphatic hydroxyl groups excluding tert-OH is 1. The number of rotatable bonds is 3. The molecule has 0 unspecified atom stereocenters. The number of aliphatic hydroxyl groups is 1. The SMILES string of the molecule is CO[C@@H]1O[C@H]2CO[C@@](C)(c3ccccc3)O[C@H]2[C@H](O)[C@@H]1N=[N+]=[N-]. The summed E-state index contributed by atoms with van der Waals surface area (Å²) in [5.41, 5.74) is 9.53. The summed E-state index contributed by atoms with van der Waals surface area (Å²) in [5.74, 6) is -1.01. The second kappa shape index (κ2) is 6.45. The number of benzene rings is 1. The zero-order valence-electron chi connectivity index (χ0n) is 12.9. The molecule has 1 aromatic rings. The molecule has 2 aliphatic heterocycles. The summed E-state index contributed by atoms with van der Waals surface area (Å²) in [6, 6.07) is 8.56. The molecule has 1 N–H and O–H groups in total. The van der Waals surface area contributed by atoms with E-state index in [0.717, 1.165) is 5.56 Å². The summed E-state index contributed by atoms with van der Waals surface area (Å²) < 4.78 is 22.7. The lowest BCUT2D eigenvalue weighted by Crippen LogP contribution is -2.63. The Labute approximate surface area is 133 Å². The van der Waals surface area contributed by atoms with E-state index < -0.39 is 36.4 Å². The summed E-state index contributed by atoms with van der Waals surface area (Å²) in [7, 11) is 1.43. The molecular weight excluding hydrogens is 302 g/mol. The molecular formula is C15H19N3O5. The van der Waals surface area contributed by atoms with Gasteiger partial charge in [-0.25, -0.2) is 0 Å². The fraction of sp³-hybridized carbons (Fsp3) is 0.600. The minimum atomic E-state index is -1.05. The van der Waals surface area contributed by atoms with E-state index >= 15 is 0 Å². The van der Waals surface area contributed by atoms with Crippen LogP contribution in [-0.2, 0) is 24.7 Å². The van der Waals surface area contributed by atoms with Crippen molar-refractivity contribution in [2.45, 2.75) is 43.4 Å². The zero-order chi connectivity index (χ0) is 16.4. The lowest BCUT2D eigenvalue weighted by Gasteiger charge is -2.49. The fourth-order valence-corrected chi connectivity index (χ4v) is 2.99. The average molecular weight is 321 g/mol. The Morgan fingerprint density at radius 2 is 2.13 bits per heavy atom. The highest BCUT2D eigenvalue weighted by molar-refractivity contribution is 5.20. The second-order valence-corrected chi connectivity index (χ2v) is 5.67. The van der Waals surface area contributed by atoms with Crippen LogP contribution >= 0.6 is 0 Å². The van der Waals surface area contributed by atoms with Crippen LogP contribution in [0.25, 0.3) is 10.4 Å². The highest BCUT2D eigenvalue weighted by Gasteiger charge is 2.52. The number of fused-ring (bicyclic) bond motifs is 1. The second-order valence-electron chi connectivity index (χ2n) is 5.67. The molecule has 1 aromatic carbocycles. The largest absolute Gasteiger partial charge is 0.390 e. The first kappa shape index (κ1) is 16.2. The van der Waals surface area contributed by atoms with E-state index in [9.17, 15) is 5.11 Å². The van der Waals surface area contributed by atoms with Gasteiger partial charge in [0.15, 0.2) is 12.1 Å². The van der Waals surface area contributed by atoms with Crippen molar-refractivity contribution in [3.63, 3.8) is 0 Å². The maximum atomic E-state index is 10.6. The molecule has 0 radical (unpaired) electrons. The van der Waals surface area contributed by atoms with Crippen molar-refractivity contribution in [3.8, 4) is 0 Å². The number of hydrogen-bond donors (Lipinski definition) is 1. The molecule has 2 saturated heterocycles. The van der Waals surface area contributed by atoms with Crippen molar-refractivity contribution < 1.29 is 24.1 Å². The van der Waals surface area contributed by atoms with Crippen molar-refractivity contribution >= 4 is 0 Å². The van der Waals surface area contributed by atoms with Gasteiger partial charge in [-0.1, -0.05) is 35.4 Å². The van der Waals surface area contributed by atoms with Gasteiger partial charge >= 0.3 is 0 Å². The molecule has 23 heavy (non-hydrogen) atoms. The topological polar surface area (TPSA) is 106 Å². The summed E-state index contributed by atoms with van der Waals surface area (Å²) >= 11 is 0. The standard InChI is InChI=1S/C15H19N3O5/c1-15(9-6-4-3-5-7-9)21-8-10-13(23-15)12(19)11(17-18-16)14(20-2)22-10/h3-7,10-14,19H,8H2,1-2H3/t10-,11-,12+,13+,14+,15+/m0/s1. The number of nitrogens with zero attached hydrogens (tertiary/aromatic N) is 3. The van der Waals surface area contributed by atoms with Crippen LogP contribution in [0.2, 0.25) is 0 Å². The summed E-state index contributed by atoms with van der Waals surface area (Å²) in [5, 5.41) is 14.2. The van der Waals surface area contributed by atoms with Crippen molar-refractivity contribution in [2.24, 2.45) is 5.11 Å². The number of methoxy groups -OCH3 is 1. The Morgan fingerprint density at radius 3 is 2.78 bits per heavy atom. The average Bonchev–Trinajstić information content (AvgIpc) is 2.59. The first-order valence-corrected chi connectivity index (χ1v) is 7.37. The Kier molecular flexibility index (Phi) is 4.54. The van der Waals surface area contributed by atoms with Gasteiger partial charge in [0, 0.05) is 17.6 Å². The molecule has 0 bridgehead atoms. The van der Waals surface area contributed by atoms with Gasteiger partial charge in [-0.05, 0) is 12.5 Å². The predicted molar refractivity (Wildman–Crippen MR) is 79.2 cm³/mol. The minimum absolute atomic E-state index is 0.232. The van der Waals surface area contributed by atoms with Crippen LogP contribution in [0.3, 0.4) is 0 Å². The van der Waals surface area contributed by atoms with Crippen molar-refractivity contribution in [2.75, 3.05) is 13.7 Å². The molecule has 0 aromatic heterocycles. The lowest BCUT2D eigenvalue weighted by atomic mass is 9.95. The molecule has 0 amide bonds. The summed E-state index contributed by atoms with van der Waals surface area (Å²) in [6.07, 6.45) is -3.08. The fourth-order valence-electron chi connectivity index (χ4n) is 2.99. The molecule has 2 heterocycles. The van der Waals surface area contributed by atoms with Crippen molar-refractivity contribution in [3.05, 3.63) is 46.3 Å². The van der Waals surface area contributed by atoms with E-state index in [-0.39, 0.29) is 6.61 Å². The first-order valence-electron chi connectivity index (χ1n) is 7.37. The van der Waals surface area contributed by atoms with Crippen LogP contribution in [0.15, 0.2) is 35.4 Å². The first-order chi connectivity index (χ1) is 11.1. The molecule has 0 aliphatic carbocycles. The van der Waals surface area contributed by atoms with E-state index in [0.29, 0.717) is 0 Å². The van der Waals surface area contributed by atoms with Gasteiger partial charge in [0.25, 0.3) is 0 Å². The molecule has 2 aliphatic rings. The Balaban J connectivity index is 1.85. The molecule has 0 spiro atoms. The number of azide groups is 1. The van der Waals surface area contributed by atoms with Crippen LogP contribution in [0, 0.1) is 0 Å². The molecule has 124 valence electrons. The summed E-state index contributed by atoms with van der Waals surface area (Å²) in [6.45, 7) is 2.02. The quantitative estimate of drug-likeness (QED) is 0.518. The van der Waals surface area contributed by atoms with Gasteiger partial charge in [-0.3, -0.25) is 0 Å². The van der Waals surface area contributed by atoms with Gasteiger partial charge in [0.2, 0.25) is 0 Å². The Hall–Kier alpha value is -1.67. The van der Waals surface area contributed by atoms with E-state index in [1.165, 1.54) is 7.11 Å². The maximum absolute atomic E-state index is 10.6. The Bertz CT molecular complexity index is 594. The molecule has 3 rings (SSSR count).